The van der Waals surface area contributed by atoms with Gasteiger partial charge in [-0.3, -0.25) is 4.98 Å². The molecule has 0 fully saturated rings. The van der Waals surface area contributed by atoms with Gasteiger partial charge in [0.1, 0.15) is 0 Å². The molecule has 1 N–H and O–H groups in total. The Hall–Kier alpha value is -1.26. The van der Waals surface area contributed by atoms with Crippen LogP contribution in [-0.4, -0.2) is 23.1 Å². The Labute approximate surface area is 106 Å². The Morgan fingerprint density at radius 1 is 1.18 bits per heavy atom. The van der Waals surface area contributed by atoms with E-state index in [2.05, 4.69) is 28.3 Å². The maximum Gasteiger partial charge on any atom is 0.0797 e. The third-order valence-corrected chi connectivity index (χ3v) is 3.65. The van der Waals surface area contributed by atoms with Gasteiger partial charge in [0.2, 0.25) is 0 Å². The number of aryl methyl sites for hydroxylation is 1. The summed E-state index contributed by atoms with van der Waals surface area (Å²) in [7, 11) is 0. The third-order valence-electron chi connectivity index (χ3n) is 2.66. The van der Waals surface area contributed by atoms with Crippen molar-refractivity contribution in [3.05, 3.63) is 46.2 Å². The summed E-state index contributed by atoms with van der Waals surface area (Å²) in [4.78, 5) is 9.92. The normalized spacial score (nSPS) is 10.6. The highest BCUT2D eigenvalue weighted by atomic mass is 32.1. The molecule has 0 atom stereocenters. The molecule has 2 heterocycles. The van der Waals surface area contributed by atoms with Crippen molar-refractivity contribution in [3.63, 3.8) is 0 Å². The molecule has 0 spiro atoms. The summed E-state index contributed by atoms with van der Waals surface area (Å²) in [5, 5.41) is 3.44. The fourth-order valence-corrected chi connectivity index (χ4v) is 2.44. The Morgan fingerprint density at radius 2 is 2.06 bits per heavy atom. The SMILES string of the molecule is Cc1ncsc1CCNCCc1ccccn1. The van der Waals surface area contributed by atoms with E-state index in [1.807, 2.05) is 23.8 Å². The molecule has 4 heteroatoms. The Bertz CT molecular complexity index is 439. The highest BCUT2D eigenvalue weighted by molar-refractivity contribution is 7.09. The van der Waals surface area contributed by atoms with Crippen LogP contribution in [-0.2, 0) is 12.8 Å². The second-order valence-corrected chi connectivity index (χ2v) is 4.87. The molecule has 2 aromatic rings. The first-order valence-corrected chi connectivity index (χ1v) is 6.74. The minimum absolute atomic E-state index is 0.981. The highest BCUT2D eigenvalue weighted by Gasteiger charge is 2.00. The molecule has 0 aliphatic heterocycles. The predicted octanol–water partition coefficient (Wildman–Crippen LogP) is 2.22. The lowest BCUT2D eigenvalue weighted by Gasteiger charge is -2.03. The van der Waals surface area contributed by atoms with Crippen LogP contribution in [0.1, 0.15) is 16.3 Å². The van der Waals surface area contributed by atoms with Crippen LogP contribution in [0.25, 0.3) is 0 Å². The first kappa shape index (κ1) is 12.2. The molecule has 17 heavy (non-hydrogen) atoms. The van der Waals surface area contributed by atoms with Gasteiger partial charge in [-0.05, 0) is 25.5 Å². The van der Waals surface area contributed by atoms with Gasteiger partial charge in [-0.25, -0.2) is 4.98 Å². The van der Waals surface area contributed by atoms with Crippen molar-refractivity contribution in [2.75, 3.05) is 13.1 Å². The molecule has 3 nitrogen and oxygen atoms in total. The van der Waals surface area contributed by atoms with Crippen molar-refractivity contribution >= 4 is 11.3 Å². The lowest BCUT2D eigenvalue weighted by atomic mass is 10.2. The molecule has 0 saturated heterocycles. The van der Waals surface area contributed by atoms with Gasteiger partial charge in [0.05, 0.1) is 11.2 Å². The van der Waals surface area contributed by atoms with Crippen LogP contribution in [0.15, 0.2) is 29.9 Å². The molecule has 90 valence electrons. The van der Waals surface area contributed by atoms with E-state index in [0.29, 0.717) is 0 Å². The van der Waals surface area contributed by atoms with E-state index in [4.69, 9.17) is 0 Å². The first-order chi connectivity index (χ1) is 8.36. The van der Waals surface area contributed by atoms with Crippen LogP contribution >= 0.6 is 11.3 Å². The van der Waals surface area contributed by atoms with Crippen molar-refractivity contribution in [1.29, 1.82) is 0 Å². The van der Waals surface area contributed by atoms with Gasteiger partial charge in [0, 0.05) is 36.3 Å². The van der Waals surface area contributed by atoms with E-state index in [-0.39, 0.29) is 0 Å². The van der Waals surface area contributed by atoms with Crippen molar-refractivity contribution < 1.29 is 0 Å². The van der Waals surface area contributed by atoms with Crippen molar-refractivity contribution in [3.8, 4) is 0 Å². The van der Waals surface area contributed by atoms with Crippen LogP contribution in [0, 0.1) is 6.92 Å². The molecule has 0 amide bonds. The molecule has 2 aromatic heterocycles. The monoisotopic (exact) mass is 247 g/mol. The fourth-order valence-electron chi connectivity index (χ4n) is 1.66. The zero-order valence-electron chi connectivity index (χ0n) is 10.0. The molecule has 0 aliphatic carbocycles. The lowest BCUT2D eigenvalue weighted by molar-refractivity contribution is 0.677. The van der Waals surface area contributed by atoms with Gasteiger partial charge >= 0.3 is 0 Å². The minimum atomic E-state index is 0.981. The number of nitrogens with one attached hydrogen (secondary N) is 1. The Balaban J connectivity index is 1.63. The van der Waals surface area contributed by atoms with Crippen molar-refractivity contribution in [2.24, 2.45) is 0 Å². The number of aromatic nitrogens is 2. The van der Waals surface area contributed by atoms with Crippen molar-refractivity contribution in [2.45, 2.75) is 19.8 Å². The predicted molar refractivity (Wildman–Crippen MR) is 71.4 cm³/mol. The van der Waals surface area contributed by atoms with Crippen molar-refractivity contribution in [1.82, 2.24) is 15.3 Å². The second kappa shape index (κ2) is 6.47. The number of thiazole rings is 1. The highest BCUT2D eigenvalue weighted by Crippen LogP contribution is 2.11. The first-order valence-electron chi connectivity index (χ1n) is 5.86. The van der Waals surface area contributed by atoms with E-state index in [9.17, 15) is 0 Å². The molecular weight excluding hydrogens is 230 g/mol. The molecule has 0 radical (unpaired) electrons. The largest absolute Gasteiger partial charge is 0.316 e. The molecule has 2 rings (SSSR count). The maximum atomic E-state index is 4.29. The summed E-state index contributed by atoms with van der Waals surface area (Å²) in [6.45, 7) is 4.06. The fraction of sp³-hybridized carbons (Fsp3) is 0.385. The number of pyridine rings is 1. The van der Waals surface area contributed by atoms with Crippen LogP contribution in [0.2, 0.25) is 0 Å². The van der Waals surface area contributed by atoms with Gasteiger partial charge in [-0.15, -0.1) is 11.3 Å². The van der Waals surface area contributed by atoms with Crippen LogP contribution < -0.4 is 5.32 Å². The molecule has 0 aliphatic rings. The van der Waals surface area contributed by atoms with E-state index in [0.717, 1.165) is 31.6 Å². The number of hydrogen-bond acceptors (Lipinski definition) is 4. The lowest BCUT2D eigenvalue weighted by Crippen LogP contribution is -2.20. The van der Waals surface area contributed by atoms with Gasteiger partial charge in [0.15, 0.2) is 0 Å². The van der Waals surface area contributed by atoms with Gasteiger partial charge in [-0.2, -0.15) is 0 Å². The third kappa shape index (κ3) is 3.91. The average molecular weight is 247 g/mol. The van der Waals surface area contributed by atoms with Gasteiger partial charge < -0.3 is 5.32 Å². The summed E-state index contributed by atoms with van der Waals surface area (Å²) < 4.78 is 0. The van der Waals surface area contributed by atoms with E-state index < -0.39 is 0 Å². The van der Waals surface area contributed by atoms with E-state index >= 15 is 0 Å². The van der Waals surface area contributed by atoms with E-state index in [1.165, 1.54) is 10.6 Å². The smallest absolute Gasteiger partial charge is 0.0797 e. The number of hydrogen-bond donors (Lipinski definition) is 1. The quantitative estimate of drug-likeness (QED) is 0.795. The molecular formula is C13H17N3S. The standard InChI is InChI=1S/C13H17N3S/c1-11-13(17-10-16-11)6-9-14-8-5-12-4-2-3-7-15-12/h2-4,7,10,14H,5-6,8-9H2,1H3. The van der Waals surface area contributed by atoms with Crippen LogP contribution in [0.5, 0.6) is 0 Å². The van der Waals surface area contributed by atoms with Crippen LogP contribution in [0.3, 0.4) is 0 Å². The second-order valence-electron chi connectivity index (χ2n) is 3.93. The Morgan fingerprint density at radius 3 is 2.76 bits per heavy atom. The molecule has 0 saturated carbocycles. The molecule has 0 bridgehead atoms. The average Bonchev–Trinajstić information content (AvgIpc) is 2.76. The van der Waals surface area contributed by atoms with Crippen LogP contribution in [0.4, 0.5) is 0 Å². The summed E-state index contributed by atoms with van der Waals surface area (Å²) in [6, 6.07) is 6.04. The van der Waals surface area contributed by atoms with Gasteiger partial charge in [-0.1, -0.05) is 6.07 Å². The summed E-state index contributed by atoms with van der Waals surface area (Å²) in [5.74, 6) is 0. The number of nitrogens with zero attached hydrogens (tertiary/aromatic N) is 2. The minimum Gasteiger partial charge on any atom is -0.316 e. The molecule has 0 unspecified atom stereocenters. The Kier molecular flexibility index (Phi) is 4.64. The van der Waals surface area contributed by atoms with E-state index in [1.54, 1.807) is 11.3 Å². The van der Waals surface area contributed by atoms with Gasteiger partial charge in [0.25, 0.3) is 0 Å². The maximum absolute atomic E-state index is 4.29. The summed E-state index contributed by atoms with van der Waals surface area (Å²) in [5.41, 5.74) is 4.23. The zero-order chi connectivity index (χ0) is 11.9. The zero-order valence-corrected chi connectivity index (χ0v) is 10.8. The number of rotatable bonds is 6. The summed E-state index contributed by atoms with van der Waals surface area (Å²) >= 11 is 1.74. The topological polar surface area (TPSA) is 37.8 Å². The summed E-state index contributed by atoms with van der Waals surface area (Å²) in [6.07, 6.45) is 3.90. The molecule has 0 aromatic carbocycles.